The standard InChI is InChI=1S/C15H15NO.C14H14ClNO/c17-13-16(11-14-7-3-1-4-8-14)12-15-9-5-2-6-10-15;1-11(17)16(10-9-15)14-8-4-6-12-5-2-3-7-13(12)14/h1-10,13H,11-12H2;2-8H,9-10H2,1H3. The van der Waals surface area contributed by atoms with Crippen LogP contribution in [-0.4, -0.2) is 29.6 Å². The number of hydrogen-bond donors (Lipinski definition) is 0. The Balaban J connectivity index is 0.000000191. The van der Waals surface area contributed by atoms with Gasteiger partial charge < -0.3 is 9.80 Å². The molecule has 0 bridgehead atoms. The molecule has 4 rings (SSSR count). The molecular formula is C29H29ClN2O2. The van der Waals surface area contributed by atoms with Gasteiger partial charge in [-0.3, -0.25) is 9.59 Å². The molecule has 0 heterocycles. The van der Waals surface area contributed by atoms with Crippen LogP contribution in [0.1, 0.15) is 18.1 Å². The van der Waals surface area contributed by atoms with Gasteiger partial charge in [0.2, 0.25) is 12.3 Å². The van der Waals surface area contributed by atoms with Crippen LogP contribution in [0.4, 0.5) is 5.69 Å². The number of halogens is 1. The normalized spacial score (nSPS) is 10.2. The van der Waals surface area contributed by atoms with Crippen molar-refractivity contribution in [2.24, 2.45) is 0 Å². The number of nitrogens with zero attached hydrogens (tertiary/aromatic N) is 2. The van der Waals surface area contributed by atoms with Crippen molar-refractivity contribution < 1.29 is 9.59 Å². The van der Waals surface area contributed by atoms with Crippen molar-refractivity contribution in [2.75, 3.05) is 17.3 Å². The van der Waals surface area contributed by atoms with E-state index in [1.54, 1.807) is 16.7 Å². The molecule has 5 heteroatoms. The summed E-state index contributed by atoms with van der Waals surface area (Å²) in [5.41, 5.74) is 3.22. The van der Waals surface area contributed by atoms with E-state index in [0.29, 0.717) is 25.5 Å². The molecule has 0 unspecified atom stereocenters. The number of amides is 2. The summed E-state index contributed by atoms with van der Waals surface area (Å²) in [5, 5.41) is 2.21. The predicted octanol–water partition coefficient (Wildman–Crippen LogP) is 6.28. The van der Waals surface area contributed by atoms with Gasteiger partial charge in [0.05, 0.1) is 5.69 Å². The Morgan fingerprint density at radius 2 is 1.29 bits per heavy atom. The quantitative estimate of drug-likeness (QED) is 0.224. The summed E-state index contributed by atoms with van der Waals surface area (Å²) in [4.78, 5) is 26.2. The molecule has 0 atom stereocenters. The second-order valence-electron chi connectivity index (χ2n) is 7.84. The number of hydrogen-bond acceptors (Lipinski definition) is 2. The third kappa shape index (κ3) is 7.19. The van der Waals surface area contributed by atoms with Crippen molar-refractivity contribution in [3.05, 3.63) is 114 Å². The van der Waals surface area contributed by atoms with Crippen molar-refractivity contribution in [3.63, 3.8) is 0 Å². The van der Waals surface area contributed by atoms with E-state index in [9.17, 15) is 9.59 Å². The van der Waals surface area contributed by atoms with Crippen molar-refractivity contribution >= 4 is 40.4 Å². The van der Waals surface area contributed by atoms with Gasteiger partial charge in [0.25, 0.3) is 0 Å². The number of carbonyl (C=O) groups excluding carboxylic acids is 2. The first kappa shape index (κ1) is 25.0. The number of fused-ring (bicyclic) bond motifs is 1. The lowest BCUT2D eigenvalue weighted by atomic mass is 10.1. The van der Waals surface area contributed by atoms with Crippen LogP contribution in [0.5, 0.6) is 0 Å². The lowest BCUT2D eigenvalue weighted by molar-refractivity contribution is -0.119. The third-order valence-electron chi connectivity index (χ3n) is 5.35. The summed E-state index contributed by atoms with van der Waals surface area (Å²) in [7, 11) is 0. The lowest BCUT2D eigenvalue weighted by Gasteiger charge is -2.21. The molecule has 0 spiro atoms. The molecule has 0 N–H and O–H groups in total. The van der Waals surface area contributed by atoms with E-state index in [2.05, 4.69) is 0 Å². The Morgan fingerprint density at radius 3 is 1.82 bits per heavy atom. The molecule has 0 radical (unpaired) electrons. The molecule has 4 nitrogen and oxygen atoms in total. The second kappa shape index (κ2) is 13.2. The summed E-state index contributed by atoms with van der Waals surface area (Å²) < 4.78 is 0. The first-order valence-electron chi connectivity index (χ1n) is 11.2. The molecule has 4 aromatic carbocycles. The average molecular weight is 473 g/mol. The molecule has 0 saturated heterocycles. The molecule has 34 heavy (non-hydrogen) atoms. The van der Waals surface area contributed by atoms with Gasteiger partial charge in [-0.05, 0) is 22.6 Å². The molecule has 4 aromatic rings. The first-order valence-corrected chi connectivity index (χ1v) is 11.7. The largest absolute Gasteiger partial charge is 0.337 e. The maximum atomic E-state index is 11.6. The fraction of sp³-hybridized carbons (Fsp3) is 0.172. The minimum atomic E-state index is 0.0157. The van der Waals surface area contributed by atoms with Crippen LogP contribution in [0.25, 0.3) is 10.8 Å². The zero-order valence-electron chi connectivity index (χ0n) is 19.3. The van der Waals surface area contributed by atoms with Gasteiger partial charge in [-0.25, -0.2) is 0 Å². The Hall–Kier alpha value is -3.63. The molecule has 0 aliphatic rings. The van der Waals surface area contributed by atoms with Gasteiger partial charge in [0.15, 0.2) is 0 Å². The Morgan fingerprint density at radius 1 is 0.765 bits per heavy atom. The van der Waals surface area contributed by atoms with Gasteiger partial charge >= 0.3 is 0 Å². The van der Waals surface area contributed by atoms with Gasteiger partial charge in [-0.15, -0.1) is 11.6 Å². The highest BCUT2D eigenvalue weighted by Crippen LogP contribution is 2.26. The summed E-state index contributed by atoms with van der Waals surface area (Å²) in [5.74, 6) is 0.449. The summed E-state index contributed by atoms with van der Waals surface area (Å²) >= 11 is 5.75. The van der Waals surface area contributed by atoms with Gasteiger partial charge in [-0.2, -0.15) is 0 Å². The van der Waals surface area contributed by atoms with E-state index in [-0.39, 0.29) is 5.91 Å². The average Bonchev–Trinajstić information content (AvgIpc) is 2.88. The number of rotatable bonds is 8. The molecule has 0 aliphatic heterocycles. The van der Waals surface area contributed by atoms with Crippen molar-refractivity contribution in [2.45, 2.75) is 20.0 Å². The highest BCUT2D eigenvalue weighted by molar-refractivity contribution is 6.18. The molecule has 0 aromatic heterocycles. The van der Waals surface area contributed by atoms with E-state index < -0.39 is 0 Å². The van der Waals surface area contributed by atoms with Crippen LogP contribution in [-0.2, 0) is 22.7 Å². The summed E-state index contributed by atoms with van der Waals surface area (Å²) in [6.45, 7) is 3.40. The van der Waals surface area contributed by atoms with Crippen molar-refractivity contribution in [1.82, 2.24) is 4.90 Å². The van der Waals surface area contributed by atoms with Gasteiger partial charge in [0, 0.05) is 37.8 Å². The first-order chi connectivity index (χ1) is 16.6. The summed E-state index contributed by atoms with van der Waals surface area (Å²) in [6.07, 6.45) is 0.903. The fourth-order valence-corrected chi connectivity index (χ4v) is 3.91. The zero-order valence-corrected chi connectivity index (χ0v) is 20.1. The Bertz CT molecular complexity index is 1140. The topological polar surface area (TPSA) is 40.6 Å². The fourth-order valence-electron chi connectivity index (χ4n) is 3.74. The van der Waals surface area contributed by atoms with Gasteiger partial charge in [0.1, 0.15) is 0 Å². The van der Waals surface area contributed by atoms with E-state index >= 15 is 0 Å². The molecule has 174 valence electrons. The van der Waals surface area contributed by atoms with E-state index in [1.165, 1.54) is 0 Å². The zero-order chi connectivity index (χ0) is 24.2. The smallest absolute Gasteiger partial charge is 0.223 e. The molecule has 0 aliphatic carbocycles. The number of alkyl halides is 1. The molecular weight excluding hydrogens is 444 g/mol. The third-order valence-corrected chi connectivity index (χ3v) is 5.52. The van der Waals surface area contributed by atoms with Crippen LogP contribution in [0.2, 0.25) is 0 Å². The van der Waals surface area contributed by atoms with Crippen molar-refractivity contribution in [3.8, 4) is 0 Å². The molecule has 0 saturated carbocycles. The van der Waals surface area contributed by atoms with Gasteiger partial charge in [-0.1, -0.05) is 97.1 Å². The molecule has 0 fully saturated rings. The minimum Gasteiger partial charge on any atom is -0.337 e. The SMILES string of the molecule is CC(=O)N(CCCl)c1cccc2ccccc12.O=CN(Cc1ccccc1)Cc1ccccc1. The van der Waals surface area contributed by atoms with Crippen LogP contribution < -0.4 is 4.90 Å². The van der Waals surface area contributed by atoms with Crippen LogP contribution in [0.3, 0.4) is 0 Å². The monoisotopic (exact) mass is 472 g/mol. The van der Waals surface area contributed by atoms with Crippen LogP contribution in [0, 0.1) is 0 Å². The maximum Gasteiger partial charge on any atom is 0.223 e. The predicted molar refractivity (Wildman–Crippen MR) is 141 cm³/mol. The number of benzene rings is 4. The van der Waals surface area contributed by atoms with Crippen LogP contribution >= 0.6 is 11.6 Å². The van der Waals surface area contributed by atoms with Crippen molar-refractivity contribution in [1.29, 1.82) is 0 Å². The van der Waals surface area contributed by atoms with E-state index in [4.69, 9.17) is 11.6 Å². The summed E-state index contributed by atoms with van der Waals surface area (Å²) in [6, 6.07) is 34.0. The maximum absolute atomic E-state index is 11.6. The minimum absolute atomic E-state index is 0.0157. The second-order valence-corrected chi connectivity index (χ2v) is 8.22. The Labute approximate surface area is 206 Å². The highest BCUT2D eigenvalue weighted by Gasteiger charge is 2.13. The van der Waals surface area contributed by atoms with E-state index in [0.717, 1.165) is 34.0 Å². The molecule has 2 amide bonds. The Kier molecular flexibility index (Phi) is 9.68. The lowest BCUT2D eigenvalue weighted by Crippen LogP contribution is -2.30. The highest BCUT2D eigenvalue weighted by atomic mass is 35.5. The number of anilines is 1. The van der Waals surface area contributed by atoms with E-state index in [1.807, 2.05) is 103 Å². The number of carbonyl (C=O) groups is 2. The van der Waals surface area contributed by atoms with Crippen LogP contribution in [0.15, 0.2) is 103 Å².